The van der Waals surface area contributed by atoms with E-state index in [1.807, 2.05) is 11.8 Å². The predicted octanol–water partition coefficient (Wildman–Crippen LogP) is 3.73. The minimum atomic E-state index is -0.466. The van der Waals surface area contributed by atoms with E-state index in [2.05, 4.69) is 11.6 Å². The molecule has 0 amide bonds. The SMILES string of the molecule is CSC1(CNCc2c(F)cccc2F)CCCC1. The van der Waals surface area contributed by atoms with Gasteiger partial charge in [-0.1, -0.05) is 18.9 Å². The number of hydrogen-bond acceptors (Lipinski definition) is 2. The second-order valence-electron chi connectivity index (χ2n) is 4.90. The third-order valence-corrected chi connectivity index (χ3v) is 5.18. The maximum Gasteiger partial charge on any atom is 0.130 e. The van der Waals surface area contributed by atoms with E-state index < -0.39 is 11.6 Å². The molecule has 0 radical (unpaired) electrons. The van der Waals surface area contributed by atoms with Gasteiger partial charge in [-0.15, -0.1) is 0 Å². The number of rotatable bonds is 5. The van der Waals surface area contributed by atoms with Crippen molar-refractivity contribution in [1.82, 2.24) is 5.32 Å². The number of nitrogens with one attached hydrogen (secondary N) is 1. The normalized spacial score (nSPS) is 18.2. The van der Waals surface area contributed by atoms with Crippen molar-refractivity contribution < 1.29 is 8.78 Å². The molecule has 0 saturated heterocycles. The molecule has 0 aliphatic heterocycles. The van der Waals surface area contributed by atoms with Crippen LogP contribution in [0.4, 0.5) is 8.78 Å². The number of halogens is 2. The molecule has 1 nitrogen and oxygen atoms in total. The van der Waals surface area contributed by atoms with Gasteiger partial charge in [-0.3, -0.25) is 0 Å². The lowest BCUT2D eigenvalue weighted by Crippen LogP contribution is -2.35. The first-order valence-corrected chi connectivity index (χ1v) is 7.58. The Bertz CT molecular complexity index is 383. The Hall–Kier alpha value is -0.610. The number of benzene rings is 1. The molecule has 0 aromatic heterocycles. The first-order chi connectivity index (χ1) is 8.67. The summed E-state index contributed by atoms with van der Waals surface area (Å²) in [5.41, 5.74) is 0.145. The fourth-order valence-electron chi connectivity index (χ4n) is 2.59. The van der Waals surface area contributed by atoms with Gasteiger partial charge in [0.1, 0.15) is 11.6 Å². The highest BCUT2D eigenvalue weighted by Crippen LogP contribution is 2.39. The van der Waals surface area contributed by atoms with Crippen LogP contribution in [0, 0.1) is 11.6 Å². The number of thioether (sulfide) groups is 1. The lowest BCUT2D eigenvalue weighted by Gasteiger charge is -2.27. The van der Waals surface area contributed by atoms with Gasteiger partial charge in [0.25, 0.3) is 0 Å². The highest BCUT2D eigenvalue weighted by atomic mass is 32.2. The Kier molecular flexibility index (Phi) is 4.62. The lowest BCUT2D eigenvalue weighted by molar-refractivity contribution is 0.501. The van der Waals surface area contributed by atoms with Crippen LogP contribution in [-0.4, -0.2) is 17.5 Å². The van der Waals surface area contributed by atoms with Gasteiger partial charge in [-0.05, 0) is 31.2 Å². The molecular weight excluding hydrogens is 252 g/mol. The molecular formula is C14H19F2NS. The molecule has 1 aromatic rings. The highest BCUT2D eigenvalue weighted by Gasteiger charge is 2.32. The van der Waals surface area contributed by atoms with E-state index in [1.165, 1.54) is 43.9 Å². The predicted molar refractivity (Wildman–Crippen MR) is 72.8 cm³/mol. The van der Waals surface area contributed by atoms with Crippen LogP contribution in [0.2, 0.25) is 0 Å². The van der Waals surface area contributed by atoms with Crippen LogP contribution in [0.1, 0.15) is 31.2 Å². The third-order valence-electron chi connectivity index (χ3n) is 3.76. The molecule has 1 aliphatic carbocycles. The van der Waals surface area contributed by atoms with Gasteiger partial charge in [0.2, 0.25) is 0 Å². The van der Waals surface area contributed by atoms with Crippen LogP contribution in [0.25, 0.3) is 0 Å². The van der Waals surface area contributed by atoms with Crippen molar-refractivity contribution in [3.63, 3.8) is 0 Å². The van der Waals surface area contributed by atoms with Crippen molar-refractivity contribution in [3.05, 3.63) is 35.4 Å². The van der Waals surface area contributed by atoms with E-state index in [4.69, 9.17) is 0 Å². The molecule has 4 heteroatoms. The standard InChI is InChI=1S/C14H19F2NS/c1-18-14(7-2-3-8-14)10-17-9-11-12(15)5-4-6-13(11)16/h4-6,17H,2-3,7-10H2,1H3. The Morgan fingerprint density at radius 1 is 1.22 bits per heavy atom. The summed E-state index contributed by atoms with van der Waals surface area (Å²) < 4.78 is 27.2. The van der Waals surface area contributed by atoms with E-state index in [0.717, 1.165) is 6.54 Å². The van der Waals surface area contributed by atoms with Crippen LogP contribution in [0.15, 0.2) is 18.2 Å². The topological polar surface area (TPSA) is 12.0 Å². The molecule has 18 heavy (non-hydrogen) atoms. The fraction of sp³-hybridized carbons (Fsp3) is 0.571. The summed E-state index contributed by atoms with van der Waals surface area (Å²) in [6.45, 7) is 1.09. The van der Waals surface area contributed by atoms with Crippen molar-refractivity contribution in [3.8, 4) is 0 Å². The van der Waals surface area contributed by atoms with Gasteiger partial charge in [-0.25, -0.2) is 8.78 Å². The molecule has 1 aliphatic rings. The van der Waals surface area contributed by atoms with E-state index in [0.29, 0.717) is 0 Å². The molecule has 1 saturated carbocycles. The summed E-state index contributed by atoms with van der Waals surface area (Å²) >= 11 is 1.87. The molecule has 0 bridgehead atoms. The van der Waals surface area contributed by atoms with Gasteiger partial charge in [0.05, 0.1) is 0 Å². The van der Waals surface area contributed by atoms with Crippen molar-refractivity contribution in [2.24, 2.45) is 0 Å². The smallest absolute Gasteiger partial charge is 0.130 e. The monoisotopic (exact) mass is 271 g/mol. The van der Waals surface area contributed by atoms with Crippen molar-refractivity contribution >= 4 is 11.8 Å². The lowest BCUT2D eigenvalue weighted by atomic mass is 10.1. The summed E-state index contributed by atoms with van der Waals surface area (Å²) in [5.74, 6) is -0.931. The largest absolute Gasteiger partial charge is 0.311 e. The Morgan fingerprint density at radius 3 is 2.39 bits per heavy atom. The summed E-state index contributed by atoms with van der Waals surface area (Å²) in [4.78, 5) is 0. The Morgan fingerprint density at radius 2 is 1.83 bits per heavy atom. The third kappa shape index (κ3) is 3.04. The van der Waals surface area contributed by atoms with Crippen LogP contribution in [0.5, 0.6) is 0 Å². The molecule has 0 spiro atoms. The average molecular weight is 271 g/mol. The molecule has 2 rings (SSSR count). The first kappa shape index (κ1) is 13.8. The van der Waals surface area contributed by atoms with Crippen LogP contribution >= 0.6 is 11.8 Å². The maximum absolute atomic E-state index is 13.4. The van der Waals surface area contributed by atoms with Gasteiger partial charge < -0.3 is 5.32 Å². The van der Waals surface area contributed by atoms with Gasteiger partial charge >= 0.3 is 0 Å². The minimum Gasteiger partial charge on any atom is -0.311 e. The van der Waals surface area contributed by atoms with E-state index in [-0.39, 0.29) is 16.9 Å². The summed E-state index contributed by atoms with van der Waals surface area (Å²) in [7, 11) is 0. The van der Waals surface area contributed by atoms with Gasteiger partial charge in [0, 0.05) is 23.4 Å². The molecule has 100 valence electrons. The van der Waals surface area contributed by atoms with Crippen molar-refractivity contribution in [1.29, 1.82) is 0 Å². The zero-order valence-electron chi connectivity index (χ0n) is 10.6. The fourth-order valence-corrected chi connectivity index (χ4v) is 3.53. The maximum atomic E-state index is 13.4. The highest BCUT2D eigenvalue weighted by molar-refractivity contribution is 8.00. The van der Waals surface area contributed by atoms with Crippen molar-refractivity contribution in [2.45, 2.75) is 37.0 Å². The molecule has 0 heterocycles. The number of hydrogen-bond donors (Lipinski definition) is 1. The summed E-state index contributed by atoms with van der Waals surface area (Å²) in [6.07, 6.45) is 7.03. The summed E-state index contributed by atoms with van der Waals surface area (Å²) in [5, 5.41) is 3.22. The van der Waals surface area contributed by atoms with Gasteiger partial charge in [-0.2, -0.15) is 11.8 Å². The zero-order chi connectivity index (χ0) is 13.0. The second-order valence-corrected chi connectivity index (χ2v) is 6.17. The summed E-state index contributed by atoms with van der Waals surface area (Å²) in [6, 6.07) is 4.01. The van der Waals surface area contributed by atoms with E-state index in [1.54, 1.807) is 0 Å². The molecule has 1 fully saturated rings. The molecule has 0 unspecified atom stereocenters. The van der Waals surface area contributed by atoms with E-state index >= 15 is 0 Å². The zero-order valence-corrected chi connectivity index (χ0v) is 11.5. The van der Waals surface area contributed by atoms with Crippen LogP contribution in [-0.2, 0) is 6.54 Å². The van der Waals surface area contributed by atoms with Crippen molar-refractivity contribution in [2.75, 3.05) is 12.8 Å². The first-order valence-electron chi connectivity index (χ1n) is 6.36. The minimum absolute atomic E-state index is 0.145. The Labute approximate surface area is 111 Å². The van der Waals surface area contributed by atoms with Gasteiger partial charge in [0.15, 0.2) is 0 Å². The molecule has 1 N–H and O–H groups in total. The average Bonchev–Trinajstić information content (AvgIpc) is 2.82. The molecule has 0 atom stereocenters. The second kappa shape index (κ2) is 6.02. The van der Waals surface area contributed by atoms with Crippen LogP contribution < -0.4 is 5.32 Å². The van der Waals surface area contributed by atoms with Crippen LogP contribution in [0.3, 0.4) is 0 Å². The van der Waals surface area contributed by atoms with E-state index in [9.17, 15) is 8.78 Å². The molecule has 1 aromatic carbocycles. The Balaban J connectivity index is 1.92. The quantitative estimate of drug-likeness (QED) is 0.875.